The van der Waals surface area contributed by atoms with Crippen molar-refractivity contribution in [1.82, 2.24) is 14.9 Å². The van der Waals surface area contributed by atoms with E-state index in [1.54, 1.807) is 19.4 Å². The van der Waals surface area contributed by atoms with E-state index in [-0.39, 0.29) is 6.10 Å². The van der Waals surface area contributed by atoms with Crippen LogP contribution < -0.4 is 9.64 Å². The molecule has 6 nitrogen and oxygen atoms in total. The molecule has 1 aliphatic rings. The first-order valence-corrected chi connectivity index (χ1v) is 7.57. The minimum atomic E-state index is -0.241. The normalized spacial score (nSPS) is 18.5. The van der Waals surface area contributed by atoms with Gasteiger partial charge in [-0.15, -0.1) is 0 Å². The molecular formula is C15H26N4O2. The van der Waals surface area contributed by atoms with Crippen molar-refractivity contribution >= 4 is 5.95 Å². The first-order chi connectivity index (χ1) is 10.1. The van der Waals surface area contributed by atoms with Gasteiger partial charge in [0.15, 0.2) is 0 Å². The number of methoxy groups -OCH3 is 1. The number of hydrogen-bond donors (Lipinski definition) is 1. The predicted molar refractivity (Wildman–Crippen MR) is 82.7 cm³/mol. The second kappa shape index (κ2) is 7.56. The van der Waals surface area contributed by atoms with Crippen molar-refractivity contribution in [2.75, 3.05) is 45.2 Å². The van der Waals surface area contributed by atoms with E-state index in [9.17, 15) is 5.11 Å². The van der Waals surface area contributed by atoms with Crippen LogP contribution in [0, 0.1) is 5.92 Å². The van der Waals surface area contributed by atoms with E-state index >= 15 is 0 Å². The Balaban J connectivity index is 1.82. The Hall–Kier alpha value is -1.40. The summed E-state index contributed by atoms with van der Waals surface area (Å²) in [6.45, 7) is 5.70. The molecule has 1 aromatic rings. The molecule has 0 aliphatic carbocycles. The molecule has 0 aromatic carbocycles. The Morgan fingerprint density at radius 2 is 2.19 bits per heavy atom. The average Bonchev–Trinajstić information content (AvgIpc) is 2.49. The van der Waals surface area contributed by atoms with Crippen LogP contribution in [0.15, 0.2) is 12.3 Å². The summed E-state index contributed by atoms with van der Waals surface area (Å²) in [5, 5.41) is 9.44. The molecule has 0 bridgehead atoms. The van der Waals surface area contributed by atoms with Gasteiger partial charge in [0.2, 0.25) is 11.8 Å². The summed E-state index contributed by atoms with van der Waals surface area (Å²) >= 11 is 0. The van der Waals surface area contributed by atoms with Gasteiger partial charge in [-0.3, -0.25) is 0 Å². The quantitative estimate of drug-likeness (QED) is 0.845. The number of aromatic nitrogens is 2. The molecule has 1 fully saturated rings. The van der Waals surface area contributed by atoms with E-state index in [2.05, 4.69) is 19.8 Å². The Kier molecular flexibility index (Phi) is 5.76. The van der Waals surface area contributed by atoms with Crippen molar-refractivity contribution in [3.63, 3.8) is 0 Å². The van der Waals surface area contributed by atoms with Crippen molar-refractivity contribution in [3.05, 3.63) is 12.3 Å². The monoisotopic (exact) mass is 294 g/mol. The van der Waals surface area contributed by atoms with Crippen molar-refractivity contribution in [2.24, 2.45) is 5.92 Å². The van der Waals surface area contributed by atoms with Crippen LogP contribution in [0.1, 0.15) is 19.8 Å². The van der Waals surface area contributed by atoms with Gasteiger partial charge in [-0.1, -0.05) is 0 Å². The predicted octanol–water partition coefficient (Wildman–Crippen LogP) is 1.01. The van der Waals surface area contributed by atoms with Gasteiger partial charge in [-0.05, 0) is 38.8 Å². The number of likely N-dealkylation sites (tertiary alicyclic amines) is 1. The fourth-order valence-electron chi connectivity index (χ4n) is 2.82. The molecular weight excluding hydrogens is 268 g/mol. The van der Waals surface area contributed by atoms with Gasteiger partial charge in [-0.25, -0.2) is 4.98 Å². The highest BCUT2D eigenvalue weighted by atomic mass is 16.5. The first-order valence-electron chi connectivity index (χ1n) is 7.57. The molecule has 1 aliphatic heterocycles. The summed E-state index contributed by atoms with van der Waals surface area (Å²) < 4.78 is 5.14. The molecule has 0 spiro atoms. The lowest BCUT2D eigenvalue weighted by Crippen LogP contribution is -2.40. The molecule has 118 valence electrons. The number of anilines is 1. The van der Waals surface area contributed by atoms with Gasteiger partial charge in [0.25, 0.3) is 0 Å². The highest BCUT2D eigenvalue weighted by Gasteiger charge is 2.21. The molecule has 6 heteroatoms. The second-order valence-electron chi connectivity index (χ2n) is 5.87. The van der Waals surface area contributed by atoms with Crippen molar-refractivity contribution in [2.45, 2.75) is 25.9 Å². The minimum absolute atomic E-state index is 0.241. The van der Waals surface area contributed by atoms with Crippen molar-refractivity contribution in [3.8, 4) is 5.88 Å². The second-order valence-corrected chi connectivity index (χ2v) is 5.87. The summed E-state index contributed by atoms with van der Waals surface area (Å²) in [5.74, 6) is 1.95. The molecule has 2 heterocycles. The van der Waals surface area contributed by atoms with Crippen LogP contribution in [0.3, 0.4) is 0 Å². The van der Waals surface area contributed by atoms with E-state index < -0.39 is 0 Å². The third kappa shape index (κ3) is 4.82. The van der Waals surface area contributed by atoms with Crippen LogP contribution >= 0.6 is 0 Å². The first kappa shape index (κ1) is 16.0. The SMILES string of the molecule is COc1ccnc(N(C)CC2CCN(C[C@H](C)O)CC2)n1. The standard InChI is InChI=1S/C15H26N4O2/c1-12(20)10-19-8-5-13(6-9-19)11-18(2)15-16-7-4-14(17-15)21-3/h4,7,12-13,20H,5-6,8-11H2,1-3H3/t12-/m0/s1. The maximum Gasteiger partial charge on any atom is 0.228 e. The number of piperidine rings is 1. The lowest BCUT2D eigenvalue weighted by atomic mass is 9.96. The Bertz CT molecular complexity index is 433. The van der Waals surface area contributed by atoms with Crippen LogP contribution in [-0.2, 0) is 0 Å². The summed E-state index contributed by atoms with van der Waals surface area (Å²) in [4.78, 5) is 13.1. The highest BCUT2D eigenvalue weighted by Crippen LogP contribution is 2.20. The fraction of sp³-hybridized carbons (Fsp3) is 0.733. The molecule has 1 atom stereocenters. The minimum Gasteiger partial charge on any atom is -0.481 e. The molecule has 0 radical (unpaired) electrons. The zero-order valence-corrected chi connectivity index (χ0v) is 13.2. The van der Waals surface area contributed by atoms with E-state index in [1.165, 1.54) is 0 Å². The Labute approximate surface area is 126 Å². The number of ether oxygens (including phenoxy) is 1. The molecule has 1 N–H and O–H groups in total. The lowest BCUT2D eigenvalue weighted by Gasteiger charge is -2.34. The van der Waals surface area contributed by atoms with E-state index in [1.807, 2.05) is 14.0 Å². The highest BCUT2D eigenvalue weighted by molar-refractivity contribution is 5.30. The number of aliphatic hydroxyl groups excluding tert-OH is 1. The van der Waals surface area contributed by atoms with Gasteiger partial charge < -0.3 is 19.6 Å². The summed E-state index contributed by atoms with van der Waals surface area (Å²) in [6.07, 6.45) is 3.79. The topological polar surface area (TPSA) is 61.7 Å². The number of β-amino-alcohol motifs (C(OH)–C–C–N with tert-alkyl or cyclic N) is 1. The molecule has 0 saturated carbocycles. The molecule has 2 rings (SSSR count). The zero-order valence-electron chi connectivity index (χ0n) is 13.2. The largest absolute Gasteiger partial charge is 0.481 e. The van der Waals surface area contributed by atoms with E-state index in [0.29, 0.717) is 17.7 Å². The summed E-state index contributed by atoms with van der Waals surface area (Å²) in [5.41, 5.74) is 0. The summed E-state index contributed by atoms with van der Waals surface area (Å²) in [7, 11) is 3.64. The number of hydrogen-bond acceptors (Lipinski definition) is 6. The van der Waals surface area contributed by atoms with E-state index in [0.717, 1.165) is 39.0 Å². The molecule has 0 unspecified atom stereocenters. The molecule has 0 amide bonds. The third-order valence-corrected chi connectivity index (χ3v) is 3.93. The van der Waals surface area contributed by atoms with Crippen molar-refractivity contribution < 1.29 is 9.84 Å². The smallest absolute Gasteiger partial charge is 0.228 e. The maximum atomic E-state index is 9.44. The Morgan fingerprint density at radius 3 is 2.81 bits per heavy atom. The van der Waals surface area contributed by atoms with Crippen LogP contribution in [0.5, 0.6) is 5.88 Å². The molecule has 21 heavy (non-hydrogen) atoms. The van der Waals surface area contributed by atoms with Gasteiger partial charge in [0.1, 0.15) is 0 Å². The van der Waals surface area contributed by atoms with Gasteiger partial charge in [0.05, 0.1) is 13.2 Å². The fourth-order valence-corrected chi connectivity index (χ4v) is 2.82. The molecule has 1 saturated heterocycles. The third-order valence-electron chi connectivity index (χ3n) is 3.93. The number of nitrogens with zero attached hydrogens (tertiary/aromatic N) is 4. The average molecular weight is 294 g/mol. The van der Waals surface area contributed by atoms with Gasteiger partial charge >= 0.3 is 0 Å². The van der Waals surface area contributed by atoms with Gasteiger partial charge in [-0.2, -0.15) is 4.98 Å². The Morgan fingerprint density at radius 1 is 1.48 bits per heavy atom. The van der Waals surface area contributed by atoms with E-state index in [4.69, 9.17) is 4.74 Å². The lowest BCUT2D eigenvalue weighted by molar-refractivity contribution is 0.101. The van der Waals surface area contributed by atoms with Crippen molar-refractivity contribution in [1.29, 1.82) is 0 Å². The molecule has 1 aromatic heterocycles. The van der Waals surface area contributed by atoms with Crippen LogP contribution in [-0.4, -0.2) is 66.4 Å². The number of aliphatic hydroxyl groups is 1. The van der Waals surface area contributed by atoms with Crippen LogP contribution in [0.4, 0.5) is 5.95 Å². The van der Waals surface area contributed by atoms with Crippen LogP contribution in [0.2, 0.25) is 0 Å². The van der Waals surface area contributed by atoms with Gasteiger partial charge in [0, 0.05) is 32.4 Å². The maximum absolute atomic E-state index is 9.44. The number of rotatable bonds is 6. The zero-order chi connectivity index (χ0) is 15.2. The summed E-state index contributed by atoms with van der Waals surface area (Å²) in [6, 6.07) is 1.76. The van der Waals surface area contributed by atoms with Crippen LogP contribution in [0.25, 0.3) is 0 Å².